The summed E-state index contributed by atoms with van der Waals surface area (Å²) in [6.07, 6.45) is -1.46. The number of benzene rings is 1. The number of pyridine rings is 1. The fourth-order valence-electron chi connectivity index (χ4n) is 2.81. The number of imidazole rings is 1. The number of hydrogen-bond donors (Lipinski definition) is 2. The van der Waals surface area contributed by atoms with Crippen LogP contribution in [-0.4, -0.2) is 29.6 Å². The molecule has 0 saturated carbocycles. The van der Waals surface area contributed by atoms with E-state index in [0.29, 0.717) is 11.8 Å². The molecule has 3 aromatic rings. The Kier molecular flexibility index (Phi) is 6.04. The average molecular weight is 463 g/mol. The van der Waals surface area contributed by atoms with Crippen molar-refractivity contribution in [1.82, 2.24) is 15.0 Å². The lowest BCUT2D eigenvalue weighted by Gasteiger charge is -2.19. The molecular weight excluding hydrogens is 448 g/mol. The van der Waals surface area contributed by atoms with Crippen LogP contribution in [0.3, 0.4) is 0 Å². The normalized spacial score (nSPS) is 12.9. The Morgan fingerprint density at radius 3 is 2.43 bits per heavy atom. The summed E-state index contributed by atoms with van der Waals surface area (Å²) in [5.41, 5.74) is -0.288. The van der Waals surface area contributed by atoms with E-state index in [2.05, 4.69) is 20.3 Å². The molecule has 1 aromatic carbocycles. The standard InChI is InChI=1S/C18H15ClF4N4O2S/c1-8-18(30(2,28)29)27-17(25-8)15(9-3-4-12(20)11(19)5-9)26-14-6-10(16(22)23)13(21)7-24-14/h3-7,15-16H,1-2H3,(H,24,26)(H,25,27). The minimum atomic E-state index is -3.66. The summed E-state index contributed by atoms with van der Waals surface area (Å²) in [7, 11) is -3.66. The highest BCUT2D eigenvalue weighted by Gasteiger charge is 2.25. The van der Waals surface area contributed by atoms with E-state index in [9.17, 15) is 26.0 Å². The number of rotatable bonds is 6. The number of sulfone groups is 1. The average Bonchev–Trinajstić information content (AvgIpc) is 3.05. The summed E-state index contributed by atoms with van der Waals surface area (Å²) in [6.45, 7) is 1.49. The van der Waals surface area contributed by atoms with Gasteiger partial charge in [0.1, 0.15) is 23.5 Å². The zero-order valence-electron chi connectivity index (χ0n) is 15.6. The number of aromatic amines is 1. The molecule has 0 amide bonds. The molecule has 0 saturated heterocycles. The second-order valence-electron chi connectivity index (χ2n) is 6.47. The summed E-state index contributed by atoms with van der Waals surface area (Å²) in [4.78, 5) is 10.6. The van der Waals surface area contributed by atoms with E-state index < -0.39 is 39.5 Å². The number of anilines is 1. The SMILES string of the molecule is Cc1[nH]c(C(Nc2cc(C(F)F)c(F)cn2)c2ccc(F)c(Cl)c2)nc1S(C)(=O)=O. The Labute approximate surface area is 174 Å². The van der Waals surface area contributed by atoms with Gasteiger partial charge in [-0.25, -0.2) is 35.9 Å². The second kappa shape index (κ2) is 8.23. The number of alkyl halides is 2. The van der Waals surface area contributed by atoms with Gasteiger partial charge in [-0.2, -0.15) is 0 Å². The molecule has 3 rings (SSSR count). The molecule has 0 aliphatic carbocycles. The van der Waals surface area contributed by atoms with Crippen LogP contribution in [0.25, 0.3) is 0 Å². The topological polar surface area (TPSA) is 87.7 Å². The zero-order chi connectivity index (χ0) is 22.2. The van der Waals surface area contributed by atoms with Crippen LogP contribution < -0.4 is 5.32 Å². The molecule has 0 aliphatic heterocycles. The molecule has 2 aromatic heterocycles. The van der Waals surface area contributed by atoms with Crippen LogP contribution >= 0.6 is 11.6 Å². The van der Waals surface area contributed by atoms with Crippen molar-refractivity contribution >= 4 is 27.3 Å². The fraction of sp³-hybridized carbons (Fsp3) is 0.222. The van der Waals surface area contributed by atoms with Crippen molar-refractivity contribution in [3.63, 3.8) is 0 Å². The van der Waals surface area contributed by atoms with Crippen LogP contribution in [0.5, 0.6) is 0 Å². The van der Waals surface area contributed by atoms with E-state index in [0.717, 1.165) is 18.4 Å². The maximum atomic E-state index is 13.6. The van der Waals surface area contributed by atoms with E-state index in [-0.39, 0.29) is 27.4 Å². The highest BCUT2D eigenvalue weighted by atomic mass is 35.5. The molecule has 2 N–H and O–H groups in total. The van der Waals surface area contributed by atoms with Crippen molar-refractivity contribution in [2.45, 2.75) is 24.4 Å². The number of nitrogens with zero attached hydrogens (tertiary/aromatic N) is 2. The van der Waals surface area contributed by atoms with Gasteiger partial charge in [-0.3, -0.25) is 0 Å². The molecule has 0 spiro atoms. The van der Waals surface area contributed by atoms with Gasteiger partial charge in [-0.1, -0.05) is 17.7 Å². The summed E-state index contributed by atoms with van der Waals surface area (Å²) in [6, 6.07) is 3.55. The minimum Gasteiger partial charge on any atom is -0.356 e. The van der Waals surface area contributed by atoms with Crippen LogP contribution in [-0.2, 0) is 9.84 Å². The highest BCUT2D eigenvalue weighted by Crippen LogP contribution is 2.30. The number of hydrogen-bond acceptors (Lipinski definition) is 5. The van der Waals surface area contributed by atoms with Gasteiger partial charge in [0.2, 0.25) is 0 Å². The first-order valence-corrected chi connectivity index (χ1v) is 10.7. The highest BCUT2D eigenvalue weighted by molar-refractivity contribution is 7.90. The molecule has 6 nitrogen and oxygen atoms in total. The smallest absolute Gasteiger partial charge is 0.266 e. The lowest BCUT2D eigenvalue weighted by atomic mass is 10.1. The molecule has 160 valence electrons. The lowest BCUT2D eigenvalue weighted by Crippen LogP contribution is -2.16. The van der Waals surface area contributed by atoms with Crippen molar-refractivity contribution < 1.29 is 26.0 Å². The van der Waals surface area contributed by atoms with Crippen LogP contribution in [0, 0.1) is 18.6 Å². The van der Waals surface area contributed by atoms with E-state index in [4.69, 9.17) is 11.6 Å². The fourth-order valence-corrected chi connectivity index (χ4v) is 3.87. The Balaban J connectivity index is 2.11. The van der Waals surface area contributed by atoms with Gasteiger partial charge in [0, 0.05) is 6.26 Å². The molecule has 1 unspecified atom stereocenters. The summed E-state index contributed by atoms with van der Waals surface area (Å²) in [5.74, 6) is -1.91. The second-order valence-corrected chi connectivity index (χ2v) is 8.81. The van der Waals surface area contributed by atoms with Gasteiger partial charge in [-0.15, -0.1) is 0 Å². The molecule has 2 heterocycles. The van der Waals surface area contributed by atoms with Crippen LogP contribution in [0.15, 0.2) is 35.5 Å². The summed E-state index contributed by atoms with van der Waals surface area (Å²) >= 11 is 5.85. The van der Waals surface area contributed by atoms with Crippen molar-refractivity contribution in [2.24, 2.45) is 0 Å². The number of aryl methyl sites for hydroxylation is 1. The molecule has 0 bridgehead atoms. The van der Waals surface area contributed by atoms with Crippen LogP contribution in [0.4, 0.5) is 23.4 Å². The predicted octanol–water partition coefficient (Wildman–Crippen LogP) is 4.59. The largest absolute Gasteiger partial charge is 0.356 e. The number of aromatic nitrogens is 3. The van der Waals surface area contributed by atoms with Gasteiger partial charge >= 0.3 is 0 Å². The maximum Gasteiger partial charge on any atom is 0.266 e. The van der Waals surface area contributed by atoms with E-state index in [1.807, 2.05) is 0 Å². The van der Waals surface area contributed by atoms with E-state index in [1.165, 1.54) is 19.1 Å². The van der Waals surface area contributed by atoms with Gasteiger partial charge < -0.3 is 10.3 Å². The zero-order valence-corrected chi connectivity index (χ0v) is 17.1. The Morgan fingerprint density at radius 2 is 1.87 bits per heavy atom. The van der Waals surface area contributed by atoms with E-state index in [1.54, 1.807) is 0 Å². The number of H-pyrrole nitrogens is 1. The first-order chi connectivity index (χ1) is 14.0. The van der Waals surface area contributed by atoms with Gasteiger partial charge in [-0.05, 0) is 30.7 Å². The maximum absolute atomic E-state index is 13.6. The first-order valence-electron chi connectivity index (χ1n) is 8.39. The Hall–Kier alpha value is -2.66. The van der Waals surface area contributed by atoms with Gasteiger partial charge in [0.05, 0.1) is 22.5 Å². The van der Waals surface area contributed by atoms with E-state index >= 15 is 0 Å². The number of halogens is 5. The Bertz CT molecular complexity index is 1200. The monoisotopic (exact) mass is 462 g/mol. The van der Waals surface area contributed by atoms with Crippen molar-refractivity contribution in [1.29, 1.82) is 0 Å². The molecule has 0 aliphatic rings. The molecule has 1 atom stereocenters. The Morgan fingerprint density at radius 1 is 1.17 bits per heavy atom. The van der Waals surface area contributed by atoms with Gasteiger partial charge in [0.25, 0.3) is 6.43 Å². The minimum absolute atomic E-state index is 0.0836. The molecule has 12 heteroatoms. The summed E-state index contributed by atoms with van der Waals surface area (Å²) in [5, 5.41) is 2.37. The van der Waals surface area contributed by atoms with Crippen molar-refractivity contribution in [2.75, 3.05) is 11.6 Å². The lowest BCUT2D eigenvalue weighted by molar-refractivity contribution is 0.146. The molecule has 0 radical (unpaired) electrons. The van der Waals surface area contributed by atoms with Crippen LogP contribution in [0.2, 0.25) is 5.02 Å². The third-order valence-corrected chi connectivity index (χ3v) is 5.56. The van der Waals surface area contributed by atoms with Crippen molar-refractivity contribution in [3.05, 3.63) is 69.8 Å². The predicted molar refractivity (Wildman–Crippen MR) is 102 cm³/mol. The quantitative estimate of drug-likeness (QED) is 0.523. The summed E-state index contributed by atoms with van der Waals surface area (Å²) < 4.78 is 77.1. The first kappa shape index (κ1) is 22.0. The third-order valence-electron chi connectivity index (χ3n) is 4.17. The third kappa shape index (κ3) is 4.57. The molecule has 30 heavy (non-hydrogen) atoms. The van der Waals surface area contributed by atoms with Gasteiger partial charge in [0.15, 0.2) is 20.7 Å². The molecule has 0 fully saturated rings. The number of nitrogens with one attached hydrogen (secondary N) is 2. The van der Waals surface area contributed by atoms with Crippen molar-refractivity contribution in [3.8, 4) is 0 Å². The molecular formula is C18H15ClF4N4O2S. The van der Waals surface area contributed by atoms with Crippen LogP contribution in [0.1, 0.15) is 35.1 Å².